The van der Waals surface area contributed by atoms with Gasteiger partial charge in [0.1, 0.15) is 12.3 Å². The lowest BCUT2D eigenvalue weighted by Gasteiger charge is -2.10. The summed E-state index contributed by atoms with van der Waals surface area (Å²) in [5.41, 5.74) is 5.05. The average molecular weight is 386 g/mol. The number of nitro benzene ring substituents is 2. The van der Waals surface area contributed by atoms with E-state index in [0.717, 1.165) is 34.4 Å². The zero-order valence-electron chi connectivity index (χ0n) is 15.5. The number of ether oxygens (including phenoxy) is 1. The van der Waals surface area contributed by atoms with Gasteiger partial charge in [-0.1, -0.05) is 17.7 Å². The van der Waals surface area contributed by atoms with Crippen molar-refractivity contribution in [3.8, 4) is 0 Å². The summed E-state index contributed by atoms with van der Waals surface area (Å²) in [6, 6.07) is 7.00. The minimum Gasteiger partial charge on any atom is -0.461 e. The second-order valence-electron chi connectivity index (χ2n) is 6.00. The number of hydrogen-bond acceptors (Lipinski definition) is 8. The number of carbonyl (C=O) groups is 1. The van der Waals surface area contributed by atoms with E-state index in [-0.39, 0.29) is 24.0 Å². The highest BCUT2D eigenvalue weighted by molar-refractivity contribution is 5.83. The zero-order valence-corrected chi connectivity index (χ0v) is 15.5. The van der Waals surface area contributed by atoms with Crippen molar-refractivity contribution in [2.75, 3.05) is 5.43 Å². The Kier molecular flexibility index (Phi) is 6.38. The van der Waals surface area contributed by atoms with E-state index >= 15 is 0 Å². The van der Waals surface area contributed by atoms with Gasteiger partial charge in [0.2, 0.25) is 0 Å². The average Bonchev–Trinajstić information content (AvgIpc) is 2.62. The Morgan fingerprint density at radius 1 is 1.18 bits per heavy atom. The topological polar surface area (TPSA) is 137 Å². The van der Waals surface area contributed by atoms with Crippen molar-refractivity contribution in [2.45, 2.75) is 27.4 Å². The van der Waals surface area contributed by atoms with Gasteiger partial charge in [0, 0.05) is 13.0 Å². The Bertz CT molecular complexity index is 971. The number of hydrogen-bond donors (Lipinski definition) is 1. The molecule has 0 heterocycles. The standard InChI is InChI=1S/C18H18N4O6/c1-11-6-14(12(2)15(7-11)10-28-13(3)23)9-19-20-17-5-4-16(21(24)25)8-18(17)22(26)27/h4-9,20H,10H2,1-3H3/b19-9-. The molecule has 10 nitrogen and oxygen atoms in total. The predicted octanol–water partition coefficient (Wildman–Crippen LogP) is 3.63. The van der Waals surface area contributed by atoms with Gasteiger partial charge in [0.05, 0.1) is 22.1 Å². The quantitative estimate of drug-likeness (QED) is 0.332. The van der Waals surface area contributed by atoms with Crippen LogP contribution in [0, 0.1) is 34.1 Å². The van der Waals surface area contributed by atoms with E-state index in [2.05, 4.69) is 10.5 Å². The monoisotopic (exact) mass is 386 g/mol. The Hall–Kier alpha value is -3.82. The van der Waals surface area contributed by atoms with E-state index in [1.165, 1.54) is 19.2 Å². The third kappa shape index (κ3) is 5.10. The van der Waals surface area contributed by atoms with Crippen molar-refractivity contribution in [1.82, 2.24) is 0 Å². The molecule has 0 unspecified atom stereocenters. The summed E-state index contributed by atoms with van der Waals surface area (Å²) in [6.07, 6.45) is 1.48. The van der Waals surface area contributed by atoms with E-state index in [0.29, 0.717) is 0 Å². The number of nitro groups is 2. The Labute approximate surface area is 160 Å². The van der Waals surface area contributed by atoms with Gasteiger partial charge in [0.15, 0.2) is 0 Å². The molecular weight excluding hydrogens is 368 g/mol. The van der Waals surface area contributed by atoms with Crippen LogP contribution in [0.5, 0.6) is 0 Å². The van der Waals surface area contributed by atoms with Crippen molar-refractivity contribution in [1.29, 1.82) is 0 Å². The molecule has 0 bridgehead atoms. The van der Waals surface area contributed by atoms with Crippen LogP contribution in [-0.4, -0.2) is 22.0 Å². The third-order valence-electron chi connectivity index (χ3n) is 3.91. The summed E-state index contributed by atoms with van der Waals surface area (Å²) in [5, 5.41) is 25.9. The Morgan fingerprint density at radius 2 is 1.89 bits per heavy atom. The number of aryl methyl sites for hydroxylation is 1. The highest BCUT2D eigenvalue weighted by atomic mass is 16.6. The molecular formula is C18H18N4O6. The van der Waals surface area contributed by atoms with Crippen LogP contribution in [-0.2, 0) is 16.1 Å². The fourth-order valence-electron chi connectivity index (χ4n) is 2.48. The van der Waals surface area contributed by atoms with E-state index in [1.807, 2.05) is 26.0 Å². The normalized spacial score (nSPS) is 10.7. The number of hydrazone groups is 1. The van der Waals surface area contributed by atoms with Crippen molar-refractivity contribution in [3.05, 3.63) is 72.8 Å². The number of esters is 1. The van der Waals surface area contributed by atoms with E-state index in [4.69, 9.17) is 4.74 Å². The molecule has 0 fully saturated rings. The maximum absolute atomic E-state index is 11.1. The molecule has 0 amide bonds. The van der Waals surface area contributed by atoms with Crippen LogP contribution in [0.2, 0.25) is 0 Å². The summed E-state index contributed by atoms with van der Waals surface area (Å²) in [7, 11) is 0. The minimum atomic E-state index is -0.722. The van der Waals surface area contributed by atoms with E-state index in [1.54, 1.807) is 0 Å². The summed E-state index contributed by atoms with van der Waals surface area (Å²) < 4.78 is 5.04. The molecule has 0 radical (unpaired) electrons. The second-order valence-corrected chi connectivity index (χ2v) is 6.00. The van der Waals surface area contributed by atoms with Gasteiger partial charge in [-0.15, -0.1) is 0 Å². The molecule has 0 aliphatic carbocycles. The second kappa shape index (κ2) is 8.71. The molecule has 2 aromatic carbocycles. The lowest BCUT2D eigenvalue weighted by atomic mass is 10.0. The molecule has 0 saturated heterocycles. The summed E-state index contributed by atoms with van der Waals surface area (Å²) in [4.78, 5) is 31.5. The lowest BCUT2D eigenvalue weighted by Crippen LogP contribution is -2.04. The van der Waals surface area contributed by atoms with Gasteiger partial charge >= 0.3 is 11.7 Å². The molecule has 1 N–H and O–H groups in total. The largest absolute Gasteiger partial charge is 0.461 e. The number of nitrogens with one attached hydrogen (secondary N) is 1. The highest BCUT2D eigenvalue weighted by Gasteiger charge is 2.19. The van der Waals surface area contributed by atoms with Crippen molar-refractivity contribution < 1.29 is 19.4 Å². The Balaban J connectivity index is 2.26. The van der Waals surface area contributed by atoms with Crippen molar-refractivity contribution >= 4 is 29.2 Å². The van der Waals surface area contributed by atoms with Crippen LogP contribution in [0.4, 0.5) is 17.1 Å². The summed E-state index contributed by atoms with van der Waals surface area (Å²) in [5.74, 6) is -0.386. The molecule has 146 valence electrons. The Morgan fingerprint density at radius 3 is 2.50 bits per heavy atom. The molecule has 2 rings (SSSR count). The fourth-order valence-corrected chi connectivity index (χ4v) is 2.48. The first-order valence-electron chi connectivity index (χ1n) is 8.14. The summed E-state index contributed by atoms with van der Waals surface area (Å²) in [6.45, 7) is 5.18. The molecule has 0 aliphatic heterocycles. The van der Waals surface area contributed by atoms with Crippen LogP contribution >= 0.6 is 0 Å². The van der Waals surface area contributed by atoms with Gasteiger partial charge < -0.3 is 4.74 Å². The smallest absolute Gasteiger partial charge is 0.302 e. The van der Waals surface area contributed by atoms with Gasteiger partial charge in [-0.2, -0.15) is 5.10 Å². The number of rotatable bonds is 7. The van der Waals surface area contributed by atoms with Gasteiger partial charge in [0.25, 0.3) is 5.69 Å². The van der Waals surface area contributed by atoms with E-state index < -0.39 is 15.5 Å². The molecule has 0 atom stereocenters. The van der Waals surface area contributed by atoms with Crippen LogP contribution < -0.4 is 5.43 Å². The number of benzene rings is 2. The summed E-state index contributed by atoms with van der Waals surface area (Å²) >= 11 is 0. The number of nitrogens with zero attached hydrogens (tertiary/aromatic N) is 3. The van der Waals surface area contributed by atoms with Gasteiger partial charge in [-0.05, 0) is 36.6 Å². The number of non-ortho nitro benzene ring substituents is 1. The molecule has 28 heavy (non-hydrogen) atoms. The van der Waals surface area contributed by atoms with Crippen LogP contribution in [0.1, 0.15) is 29.2 Å². The molecule has 2 aromatic rings. The lowest BCUT2D eigenvalue weighted by molar-refractivity contribution is -0.393. The van der Waals surface area contributed by atoms with Crippen LogP contribution in [0.3, 0.4) is 0 Å². The van der Waals surface area contributed by atoms with Crippen LogP contribution in [0.25, 0.3) is 0 Å². The minimum absolute atomic E-state index is 0.0253. The molecule has 0 aromatic heterocycles. The third-order valence-corrected chi connectivity index (χ3v) is 3.91. The number of anilines is 1. The highest BCUT2D eigenvalue weighted by Crippen LogP contribution is 2.29. The first-order valence-corrected chi connectivity index (χ1v) is 8.14. The molecule has 0 spiro atoms. The molecule has 0 aliphatic rings. The predicted molar refractivity (Wildman–Crippen MR) is 102 cm³/mol. The molecule has 0 saturated carbocycles. The van der Waals surface area contributed by atoms with Gasteiger partial charge in [-0.25, -0.2) is 0 Å². The first kappa shape index (κ1) is 20.5. The van der Waals surface area contributed by atoms with Crippen molar-refractivity contribution in [2.24, 2.45) is 5.10 Å². The first-order chi connectivity index (χ1) is 13.2. The van der Waals surface area contributed by atoms with Crippen molar-refractivity contribution in [3.63, 3.8) is 0 Å². The van der Waals surface area contributed by atoms with Crippen LogP contribution in [0.15, 0.2) is 35.4 Å². The fraction of sp³-hybridized carbons (Fsp3) is 0.222. The molecule has 10 heteroatoms. The maximum Gasteiger partial charge on any atom is 0.302 e. The van der Waals surface area contributed by atoms with E-state index in [9.17, 15) is 25.0 Å². The number of carbonyl (C=O) groups excluding carboxylic acids is 1. The zero-order chi connectivity index (χ0) is 20.8. The maximum atomic E-state index is 11.1. The SMILES string of the molecule is CC(=O)OCc1cc(C)cc(/C=N\Nc2ccc([N+](=O)[O-])cc2[N+](=O)[O-])c1C. The van der Waals surface area contributed by atoms with Gasteiger partial charge in [-0.3, -0.25) is 30.4 Å².